The van der Waals surface area contributed by atoms with E-state index in [9.17, 15) is 8.78 Å². The highest BCUT2D eigenvalue weighted by molar-refractivity contribution is 9.10. The highest BCUT2D eigenvalue weighted by atomic mass is 79.9. The SMILES string of the molecule is CNC(CC1CC1)c1c(F)ccc(Br)c1F. The molecule has 1 atom stereocenters. The van der Waals surface area contributed by atoms with Crippen molar-refractivity contribution in [2.75, 3.05) is 7.05 Å². The van der Waals surface area contributed by atoms with E-state index in [0.29, 0.717) is 10.4 Å². The first kappa shape index (κ1) is 12.0. The van der Waals surface area contributed by atoms with Gasteiger partial charge in [0.05, 0.1) is 4.47 Å². The highest BCUT2D eigenvalue weighted by Crippen LogP contribution is 2.39. The minimum absolute atomic E-state index is 0.156. The number of hydrogen-bond donors (Lipinski definition) is 1. The maximum atomic E-state index is 13.8. The normalized spacial score (nSPS) is 17.5. The smallest absolute Gasteiger partial charge is 0.145 e. The summed E-state index contributed by atoms with van der Waals surface area (Å²) in [6, 6.07) is 2.47. The molecule has 0 heterocycles. The van der Waals surface area contributed by atoms with Gasteiger partial charge in [0, 0.05) is 11.6 Å². The van der Waals surface area contributed by atoms with Gasteiger partial charge < -0.3 is 5.32 Å². The fraction of sp³-hybridized carbons (Fsp3) is 0.500. The standard InChI is InChI=1S/C12H14BrF2N/c1-16-10(6-7-2-3-7)11-9(14)5-4-8(13)12(11)15/h4-5,7,10,16H,2-3,6H2,1H3. The van der Waals surface area contributed by atoms with Gasteiger partial charge in [-0.2, -0.15) is 0 Å². The van der Waals surface area contributed by atoms with E-state index >= 15 is 0 Å². The van der Waals surface area contributed by atoms with E-state index in [2.05, 4.69) is 21.2 Å². The molecule has 1 aliphatic carbocycles. The summed E-state index contributed by atoms with van der Waals surface area (Å²) in [7, 11) is 1.74. The van der Waals surface area contributed by atoms with Crippen LogP contribution >= 0.6 is 15.9 Å². The van der Waals surface area contributed by atoms with Gasteiger partial charge in [0.25, 0.3) is 0 Å². The predicted molar refractivity (Wildman–Crippen MR) is 63.2 cm³/mol. The molecule has 0 radical (unpaired) electrons. The lowest BCUT2D eigenvalue weighted by molar-refractivity contribution is 0.452. The Morgan fingerprint density at radius 2 is 2.12 bits per heavy atom. The molecule has 0 bridgehead atoms. The molecule has 1 aliphatic rings. The molecule has 1 fully saturated rings. The first-order valence-electron chi connectivity index (χ1n) is 5.44. The predicted octanol–water partition coefficient (Wildman–Crippen LogP) is 3.79. The average molecular weight is 290 g/mol. The maximum Gasteiger partial charge on any atom is 0.145 e. The van der Waals surface area contributed by atoms with Crippen molar-refractivity contribution < 1.29 is 8.78 Å². The van der Waals surface area contributed by atoms with Crippen LogP contribution < -0.4 is 5.32 Å². The lowest BCUT2D eigenvalue weighted by atomic mass is 10.00. The highest BCUT2D eigenvalue weighted by Gasteiger charge is 2.29. The van der Waals surface area contributed by atoms with E-state index in [1.165, 1.54) is 25.0 Å². The Morgan fingerprint density at radius 3 is 2.69 bits per heavy atom. The van der Waals surface area contributed by atoms with Gasteiger partial charge in [-0.05, 0) is 47.4 Å². The van der Waals surface area contributed by atoms with Crippen LogP contribution in [0.2, 0.25) is 0 Å². The first-order valence-corrected chi connectivity index (χ1v) is 6.23. The zero-order valence-corrected chi connectivity index (χ0v) is 10.7. The molecule has 0 spiro atoms. The molecular formula is C12H14BrF2N. The van der Waals surface area contributed by atoms with Crippen LogP contribution in [0.1, 0.15) is 30.9 Å². The molecule has 1 nitrogen and oxygen atoms in total. The van der Waals surface area contributed by atoms with E-state index in [4.69, 9.17) is 0 Å². The molecule has 1 N–H and O–H groups in total. The summed E-state index contributed by atoms with van der Waals surface area (Å²) in [6.07, 6.45) is 3.16. The van der Waals surface area contributed by atoms with Crippen molar-refractivity contribution in [1.29, 1.82) is 0 Å². The van der Waals surface area contributed by atoms with E-state index in [1.807, 2.05) is 0 Å². The molecule has 1 unspecified atom stereocenters. The van der Waals surface area contributed by atoms with Gasteiger partial charge in [0.2, 0.25) is 0 Å². The number of nitrogens with one attached hydrogen (secondary N) is 1. The Hall–Kier alpha value is -0.480. The third-order valence-corrected chi connectivity index (χ3v) is 3.65. The molecule has 0 amide bonds. The monoisotopic (exact) mass is 289 g/mol. The second-order valence-corrected chi connectivity index (χ2v) is 5.13. The fourth-order valence-corrected chi connectivity index (χ4v) is 2.27. The van der Waals surface area contributed by atoms with Gasteiger partial charge in [-0.3, -0.25) is 0 Å². The van der Waals surface area contributed by atoms with E-state index in [1.54, 1.807) is 7.05 Å². The summed E-state index contributed by atoms with van der Waals surface area (Å²) in [6.45, 7) is 0. The molecular weight excluding hydrogens is 276 g/mol. The molecule has 4 heteroatoms. The fourth-order valence-electron chi connectivity index (χ4n) is 1.93. The van der Waals surface area contributed by atoms with E-state index in [-0.39, 0.29) is 11.6 Å². The second kappa shape index (κ2) is 4.80. The summed E-state index contributed by atoms with van der Waals surface area (Å²) in [5, 5.41) is 3.00. The van der Waals surface area contributed by atoms with Crippen molar-refractivity contribution in [2.45, 2.75) is 25.3 Å². The van der Waals surface area contributed by atoms with Crippen molar-refractivity contribution >= 4 is 15.9 Å². The van der Waals surface area contributed by atoms with E-state index in [0.717, 1.165) is 6.42 Å². The summed E-state index contributed by atoms with van der Waals surface area (Å²) < 4.78 is 27.8. The Balaban J connectivity index is 2.31. The quantitative estimate of drug-likeness (QED) is 0.832. The van der Waals surface area contributed by atoms with Crippen LogP contribution in [0.5, 0.6) is 0 Å². The first-order chi connectivity index (χ1) is 7.63. The van der Waals surface area contributed by atoms with Crippen LogP contribution in [0, 0.1) is 17.6 Å². The topological polar surface area (TPSA) is 12.0 Å². The molecule has 0 aromatic heterocycles. The lowest BCUT2D eigenvalue weighted by Gasteiger charge is -2.18. The maximum absolute atomic E-state index is 13.8. The van der Waals surface area contributed by atoms with Crippen LogP contribution in [0.15, 0.2) is 16.6 Å². The number of benzene rings is 1. The molecule has 16 heavy (non-hydrogen) atoms. The zero-order valence-electron chi connectivity index (χ0n) is 9.06. The van der Waals surface area contributed by atoms with Gasteiger partial charge in [-0.1, -0.05) is 12.8 Å². The summed E-state index contributed by atoms with van der Waals surface area (Å²) in [5.41, 5.74) is 0.156. The Kier molecular flexibility index (Phi) is 3.60. The van der Waals surface area contributed by atoms with Gasteiger partial charge in [-0.15, -0.1) is 0 Å². The molecule has 1 saturated carbocycles. The van der Waals surface area contributed by atoms with Crippen LogP contribution in [0.4, 0.5) is 8.78 Å². The molecule has 88 valence electrons. The van der Waals surface area contributed by atoms with Crippen LogP contribution in [-0.2, 0) is 0 Å². The molecule has 0 aliphatic heterocycles. The zero-order chi connectivity index (χ0) is 11.7. The van der Waals surface area contributed by atoms with Crippen molar-refractivity contribution in [3.8, 4) is 0 Å². The molecule has 0 saturated heterocycles. The molecule has 1 aromatic rings. The minimum atomic E-state index is -0.486. The van der Waals surface area contributed by atoms with Crippen LogP contribution in [0.25, 0.3) is 0 Å². The van der Waals surface area contributed by atoms with Gasteiger partial charge in [0.15, 0.2) is 0 Å². The van der Waals surface area contributed by atoms with Crippen LogP contribution in [0.3, 0.4) is 0 Å². The third kappa shape index (κ3) is 2.43. The largest absolute Gasteiger partial charge is 0.313 e. The van der Waals surface area contributed by atoms with Gasteiger partial charge in [-0.25, -0.2) is 8.78 Å². The van der Waals surface area contributed by atoms with Crippen molar-refractivity contribution in [3.63, 3.8) is 0 Å². The molecule has 1 aromatic carbocycles. The second-order valence-electron chi connectivity index (χ2n) is 4.28. The minimum Gasteiger partial charge on any atom is -0.313 e. The van der Waals surface area contributed by atoms with Crippen LogP contribution in [-0.4, -0.2) is 7.05 Å². The number of halogens is 3. The summed E-state index contributed by atoms with van der Waals surface area (Å²) in [4.78, 5) is 0. The van der Waals surface area contributed by atoms with Crippen molar-refractivity contribution in [2.24, 2.45) is 5.92 Å². The summed E-state index contributed by atoms with van der Waals surface area (Å²) >= 11 is 3.09. The lowest BCUT2D eigenvalue weighted by Crippen LogP contribution is -2.20. The van der Waals surface area contributed by atoms with Gasteiger partial charge in [0.1, 0.15) is 11.6 Å². The summed E-state index contributed by atoms with van der Waals surface area (Å²) in [5.74, 6) is -0.337. The number of rotatable bonds is 4. The van der Waals surface area contributed by atoms with E-state index < -0.39 is 11.6 Å². The van der Waals surface area contributed by atoms with Crippen molar-refractivity contribution in [1.82, 2.24) is 5.32 Å². The molecule has 2 rings (SSSR count). The van der Waals surface area contributed by atoms with Crippen molar-refractivity contribution in [3.05, 3.63) is 33.8 Å². The average Bonchev–Trinajstić information content (AvgIpc) is 3.06. The Morgan fingerprint density at radius 1 is 1.44 bits per heavy atom. The Labute approximate surface area is 102 Å². The number of hydrogen-bond acceptors (Lipinski definition) is 1. The third-order valence-electron chi connectivity index (χ3n) is 3.04. The Bertz CT molecular complexity index is 391. The van der Waals surface area contributed by atoms with Gasteiger partial charge >= 0.3 is 0 Å².